The zero-order valence-corrected chi connectivity index (χ0v) is 7.05. The van der Waals surface area contributed by atoms with Crippen molar-refractivity contribution in [1.29, 1.82) is 0 Å². The van der Waals surface area contributed by atoms with Gasteiger partial charge in [-0.1, -0.05) is 0 Å². The number of carbonyl (C=O) groups is 1. The molecule has 0 saturated heterocycles. The van der Waals surface area contributed by atoms with Gasteiger partial charge in [-0.05, 0) is 6.92 Å². The molecule has 0 atom stereocenters. The number of nitrogens with zero attached hydrogens (tertiary/aromatic N) is 4. The molecule has 0 aromatic carbocycles. The van der Waals surface area contributed by atoms with Crippen LogP contribution in [-0.2, 0) is 0 Å². The highest BCUT2D eigenvalue weighted by Gasteiger charge is 2.13. The van der Waals surface area contributed by atoms with Crippen LogP contribution < -0.4 is 5.69 Å². The number of aromatic amines is 1. The highest BCUT2D eigenvalue weighted by molar-refractivity contribution is 5.83. The number of hydrogen-bond donors (Lipinski definition) is 2. The quantitative estimate of drug-likeness (QED) is 0.592. The number of hydrogen-bond acceptors (Lipinski definition) is 5. The summed E-state index contributed by atoms with van der Waals surface area (Å²) in [7, 11) is 0. The number of aryl methyl sites for hydroxylation is 1. The molecule has 72 valence electrons. The molecule has 0 fully saturated rings. The molecule has 2 N–H and O–H groups in total. The Morgan fingerprint density at radius 1 is 1.50 bits per heavy atom. The summed E-state index contributed by atoms with van der Waals surface area (Å²) in [5.41, 5.74) is -0.562. The van der Waals surface area contributed by atoms with Gasteiger partial charge in [0, 0.05) is 0 Å². The molecule has 0 unspecified atom stereocenters. The SMILES string of the molecule is Cc1nc2nc(C(=O)O)nn2c(=O)[nH]1. The minimum Gasteiger partial charge on any atom is -0.475 e. The van der Waals surface area contributed by atoms with Crippen molar-refractivity contribution in [2.45, 2.75) is 6.92 Å². The Kier molecular flexibility index (Phi) is 1.56. The Morgan fingerprint density at radius 2 is 2.21 bits per heavy atom. The Labute approximate surface area is 76.2 Å². The Morgan fingerprint density at radius 3 is 2.86 bits per heavy atom. The lowest BCUT2D eigenvalue weighted by molar-refractivity contribution is 0.0684. The van der Waals surface area contributed by atoms with Crippen LogP contribution in [0.3, 0.4) is 0 Å². The maximum Gasteiger partial charge on any atom is 0.375 e. The van der Waals surface area contributed by atoms with Gasteiger partial charge in [-0.15, -0.1) is 9.61 Å². The zero-order chi connectivity index (χ0) is 10.3. The first-order valence-electron chi connectivity index (χ1n) is 3.65. The number of aromatic carboxylic acids is 1. The van der Waals surface area contributed by atoms with Gasteiger partial charge in [0.05, 0.1) is 0 Å². The molecule has 0 aliphatic rings. The number of fused-ring (bicyclic) bond motifs is 1. The number of nitrogens with one attached hydrogen (secondary N) is 1. The highest BCUT2D eigenvalue weighted by Crippen LogP contribution is 1.94. The summed E-state index contributed by atoms with van der Waals surface area (Å²) >= 11 is 0. The highest BCUT2D eigenvalue weighted by atomic mass is 16.4. The maximum absolute atomic E-state index is 11.2. The standard InChI is InChI=1S/C6H5N5O3/c1-2-7-5-9-3(4(12)13)10-11(5)6(14)8-2/h1H3,(H,12,13)(H,7,8,9,10,14). The third-order valence-corrected chi connectivity index (χ3v) is 1.53. The smallest absolute Gasteiger partial charge is 0.375 e. The predicted octanol–water partition coefficient (Wildman–Crippen LogP) is -1.18. The third-order valence-electron chi connectivity index (χ3n) is 1.53. The molecule has 0 amide bonds. The van der Waals surface area contributed by atoms with E-state index in [1.807, 2.05) is 0 Å². The number of H-pyrrole nitrogens is 1. The maximum atomic E-state index is 11.2. The number of carboxylic acid groups (broad SMARTS) is 1. The number of carboxylic acids is 1. The summed E-state index contributed by atoms with van der Waals surface area (Å²) in [6, 6.07) is 0. The van der Waals surface area contributed by atoms with Gasteiger partial charge in [-0.2, -0.15) is 9.97 Å². The first kappa shape index (κ1) is 8.35. The van der Waals surface area contributed by atoms with Crippen LogP contribution in [0.15, 0.2) is 4.79 Å². The van der Waals surface area contributed by atoms with Crippen molar-refractivity contribution >= 4 is 11.7 Å². The lowest BCUT2D eigenvalue weighted by Gasteiger charge is -1.90. The average molecular weight is 195 g/mol. The van der Waals surface area contributed by atoms with Crippen molar-refractivity contribution < 1.29 is 9.90 Å². The molecular weight excluding hydrogens is 190 g/mol. The Hall–Kier alpha value is -2.25. The number of aromatic nitrogens is 5. The Balaban J connectivity index is 2.83. The molecular formula is C6H5N5O3. The van der Waals surface area contributed by atoms with Crippen molar-refractivity contribution in [2.24, 2.45) is 0 Å². The molecule has 8 nitrogen and oxygen atoms in total. The van der Waals surface area contributed by atoms with Crippen LogP contribution in [0.25, 0.3) is 5.78 Å². The fraction of sp³-hybridized carbons (Fsp3) is 0.167. The van der Waals surface area contributed by atoms with E-state index in [2.05, 4.69) is 20.1 Å². The summed E-state index contributed by atoms with van der Waals surface area (Å²) < 4.78 is 0.802. The summed E-state index contributed by atoms with van der Waals surface area (Å²) in [4.78, 5) is 31.4. The van der Waals surface area contributed by atoms with Crippen LogP contribution in [-0.4, -0.2) is 35.6 Å². The third kappa shape index (κ3) is 1.13. The van der Waals surface area contributed by atoms with E-state index in [4.69, 9.17) is 5.11 Å². The van der Waals surface area contributed by atoms with E-state index in [9.17, 15) is 9.59 Å². The van der Waals surface area contributed by atoms with Crippen LogP contribution in [0, 0.1) is 6.92 Å². The van der Waals surface area contributed by atoms with Gasteiger partial charge in [0.25, 0.3) is 11.6 Å². The van der Waals surface area contributed by atoms with E-state index in [0.717, 1.165) is 4.52 Å². The fourth-order valence-corrected chi connectivity index (χ4v) is 0.989. The second-order valence-corrected chi connectivity index (χ2v) is 2.58. The summed E-state index contributed by atoms with van der Waals surface area (Å²) in [5.74, 6) is -1.42. The van der Waals surface area contributed by atoms with Crippen LogP contribution in [0.2, 0.25) is 0 Å². The van der Waals surface area contributed by atoms with Gasteiger partial charge in [-0.25, -0.2) is 9.59 Å². The molecule has 0 radical (unpaired) electrons. The average Bonchev–Trinajstić information content (AvgIpc) is 2.47. The van der Waals surface area contributed by atoms with Crippen LogP contribution in [0.1, 0.15) is 16.4 Å². The zero-order valence-electron chi connectivity index (χ0n) is 7.05. The molecule has 2 aromatic rings. The normalized spacial score (nSPS) is 10.6. The van der Waals surface area contributed by atoms with Crippen molar-refractivity contribution in [2.75, 3.05) is 0 Å². The minimum atomic E-state index is -1.30. The topological polar surface area (TPSA) is 113 Å². The van der Waals surface area contributed by atoms with Gasteiger partial charge >= 0.3 is 11.7 Å². The van der Waals surface area contributed by atoms with Gasteiger partial charge in [-0.3, -0.25) is 4.98 Å². The molecule has 2 aromatic heterocycles. The lowest BCUT2D eigenvalue weighted by atomic mass is 10.6. The van der Waals surface area contributed by atoms with Crippen molar-refractivity contribution in [3.05, 3.63) is 22.1 Å². The minimum absolute atomic E-state index is 0.0244. The van der Waals surface area contributed by atoms with Crippen molar-refractivity contribution in [1.82, 2.24) is 24.6 Å². The molecule has 0 aliphatic carbocycles. The molecule has 2 heterocycles. The molecule has 2 rings (SSSR count). The van der Waals surface area contributed by atoms with E-state index in [-0.39, 0.29) is 5.78 Å². The van der Waals surface area contributed by atoms with Crippen LogP contribution in [0.4, 0.5) is 0 Å². The lowest BCUT2D eigenvalue weighted by Crippen LogP contribution is -2.19. The van der Waals surface area contributed by atoms with Crippen LogP contribution >= 0.6 is 0 Å². The Bertz CT molecular complexity index is 568. The van der Waals surface area contributed by atoms with Gasteiger partial charge in [0.15, 0.2) is 0 Å². The van der Waals surface area contributed by atoms with Crippen LogP contribution in [0.5, 0.6) is 0 Å². The molecule has 0 saturated carbocycles. The first-order valence-corrected chi connectivity index (χ1v) is 3.65. The van der Waals surface area contributed by atoms with Gasteiger partial charge in [0.2, 0.25) is 0 Å². The molecule has 8 heteroatoms. The number of rotatable bonds is 1. The molecule has 0 spiro atoms. The van der Waals surface area contributed by atoms with E-state index >= 15 is 0 Å². The van der Waals surface area contributed by atoms with Gasteiger partial charge < -0.3 is 5.11 Å². The molecule has 0 bridgehead atoms. The summed E-state index contributed by atoms with van der Waals surface area (Å²) in [6.45, 7) is 1.57. The second kappa shape index (κ2) is 2.62. The predicted molar refractivity (Wildman–Crippen MR) is 43.1 cm³/mol. The molecule has 0 aliphatic heterocycles. The summed E-state index contributed by atoms with van der Waals surface area (Å²) in [5, 5.41) is 12.0. The molecule has 14 heavy (non-hydrogen) atoms. The van der Waals surface area contributed by atoms with E-state index < -0.39 is 17.5 Å². The van der Waals surface area contributed by atoms with E-state index in [1.54, 1.807) is 6.92 Å². The van der Waals surface area contributed by atoms with Crippen molar-refractivity contribution in [3.8, 4) is 0 Å². The van der Waals surface area contributed by atoms with Gasteiger partial charge in [0.1, 0.15) is 5.82 Å². The van der Waals surface area contributed by atoms with E-state index in [0.29, 0.717) is 5.82 Å². The van der Waals surface area contributed by atoms with E-state index in [1.165, 1.54) is 0 Å². The second-order valence-electron chi connectivity index (χ2n) is 2.58. The fourth-order valence-electron chi connectivity index (χ4n) is 0.989. The first-order chi connectivity index (χ1) is 6.58. The van der Waals surface area contributed by atoms with Crippen molar-refractivity contribution in [3.63, 3.8) is 0 Å². The summed E-state index contributed by atoms with van der Waals surface area (Å²) in [6.07, 6.45) is 0. The monoisotopic (exact) mass is 195 g/mol. The largest absolute Gasteiger partial charge is 0.475 e.